The van der Waals surface area contributed by atoms with Crippen molar-refractivity contribution >= 4 is 10.9 Å². The fourth-order valence-corrected chi connectivity index (χ4v) is 2.90. The third-order valence-corrected chi connectivity index (χ3v) is 4.71. The Balaban J connectivity index is 1.76. The molecule has 0 radical (unpaired) electrons. The number of nitrogens with zero attached hydrogens (tertiary/aromatic N) is 1. The monoisotopic (exact) mass is 286 g/mol. The van der Waals surface area contributed by atoms with Crippen molar-refractivity contribution in [3.63, 3.8) is 0 Å². The van der Waals surface area contributed by atoms with Gasteiger partial charge in [0.25, 0.3) is 0 Å². The number of benzene rings is 1. The number of nitrogens with one attached hydrogen (secondary N) is 1. The second-order valence-electron chi connectivity index (χ2n) is 6.34. The third kappa shape index (κ3) is 2.49. The van der Waals surface area contributed by atoms with Crippen molar-refractivity contribution in [2.45, 2.75) is 39.0 Å². The maximum atomic E-state index is 9.78. The molecule has 112 valence electrons. The zero-order chi connectivity index (χ0) is 15.0. The Kier molecular flexibility index (Phi) is 3.59. The number of methoxy groups -OCH3 is 1. The van der Waals surface area contributed by atoms with Crippen molar-refractivity contribution in [3.8, 4) is 5.75 Å². The van der Waals surface area contributed by atoms with Gasteiger partial charge in [0.15, 0.2) is 0 Å². The average molecular weight is 286 g/mol. The molecule has 2 atom stereocenters. The van der Waals surface area contributed by atoms with Gasteiger partial charge in [-0.1, -0.05) is 32.0 Å². The average Bonchev–Trinajstić information content (AvgIpc) is 2.50. The van der Waals surface area contributed by atoms with E-state index in [4.69, 9.17) is 9.72 Å². The first kappa shape index (κ1) is 14.3. The highest BCUT2D eigenvalue weighted by Gasteiger charge is 2.46. The molecule has 1 aromatic heterocycles. The van der Waals surface area contributed by atoms with Crippen LogP contribution in [0.15, 0.2) is 30.3 Å². The van der Waals surface area contributed by atoms with E-state index in [2.05, 4.69) is 25.2 Å². The molecule has 3 rings (SSSR count). The van der Waals surface area contributed by atoms with Crippen LogP contribution in [0.25, 0.3) is 10.9 Å². The first-order chi connectivity index (χ1) is 10.0. The number of aliphatic hydroxyl groups is 1. The van der Waals surface area contributed by atoms with Gasteiger partial charge in [-0.3, -0.25) is 0 Å². The first-order valence-electron chi connectivity index (χ1n) is 7.36. The van der Waals surface area contributed by atoms with Gasteiger partial charge in [0.05, 0.1) is 18.9 Å². The molecule has 1 saturated carbocycles. The standard InChI is InChI=1S/C17H22N2O2/c1-17(2)14(9-15(17)20)18-10-12-8-7-11-5-4-6-13(21-3)16(11)19-12/h4-8,14-15,18,20H,9-10H2,1-3H3. The number of hydrogen-bond donors (Lipinski definition) is 2. The molecule has 1 aliphatic carbocycles. The minimum Gasteiger partial charge on any atom is -0.494 e. The van der Waals surface area contributed by atoms with E-state index in [0.717, 1.165) is 28.8 Å². The highest BCUT2D eigenvalue weighted by molar-refractivity contribution is 5.84. The molecule has 4 heteroatoms. The molecule has 4 nitrogen and oxygen atoms in total. The maximum absolute atomic E-state index is 9.78. The largest absolute Gasteiger partial charge is 0.494 e. The van der Waals surface area contributed by atoms with Crippen molar-refractivity contribution in [3.05, 3.63) is 36.0 Å². The molecule has 0 saturated heterocycles. The van der Waals surface area contributed by atoms with Crippen LogP contribution >= 0.6 is 0 Å². The van der Waals surface area contributed by atoms with E-state index in [0.29, 0.717) is 12.6 Å². The van der Waals surface area contributed by atoms with E-state index in [9.17, 15) is 5.11 Å². The molecule has 2 unspecified atom stereocenters. The van der Waals surface area contributed by atoms with Gasteiger partial charge in [-0.2, -0.15) is 0 Å². The minimum absolute atomic E-state index is 0.0610. The van der Waals surface area contributed by atoms with E-state index in [-0.39, 0.29) is 11.5 Å². The number of hydrogen-bond acceptors (Lipinski definition) is 4. The lowest BCUT2D eigenvalue weighted by molar-refractivity contribution is -0.0730. The molecule has 21 heavy (non-hydrogen) atoms. The normalized spacial score (nSPS) is 23.8. The highest BCUT2D eigenvalue weighted by atomic mass is 16.5. The van der Waals surface area contributed by atoms with Crippen LogP contribution in [0.2, 0.25) is 0 Å². The van der Waals surface area contributed by atoms with Crippen LogP contribution in [0.4, 0.5) is 0 Å². The molecule has 2 N–H and O–H groups in total. The van der Waals surface area contributed by atoms with Crippen LogP contribution in [0.1, 0.15) is 26.0 Å². The second-order valence-corrected chi connectivity index (χ2v) is 6.34. The molecule has 2 aromatic rings. The molecule has 0 bridgehead atoms. The van der Waals surface area contributed by atoms with Crippen LogP contribution in [0.3, 0.4) is 0 Å². The molecule has 1 aliphatic rings. The van der Waals surface area contributed by atoms with Crippen molar-refractivity contribution < 1.29 is 9.84 Å². The SMILES string of the molecule is COc1cccc2ccc(CNC3CC(O)C3(C)C)nc12. The Morgan fingerprint density at radius 3 is 2.81 bits per heavy atom. The van der Waals surface area contributed by atoms with Crippen LogP contribution in [-0.2, 0) is 6.54 Å². The molecular formula is C17H22N2O2. The van der Waals surface area contributed by atoms with Crippen LogP contribution < -0.4 is 10.1 Å². The van der Waals surface area contributed by atoms with Gasteiger partial charge in [0, 0.05) is 23.4 Å². The van der Waals surface area contributed by atoms with Gasteiger partial charge in [-0.15, -0.1) is 0 Å². The first-order valence-corrected chi connectivity index (χ1v) is 7.36. The Labute approximate surface area is 125 Å². The van der Waals surface area contributed by atoms with Gasteiger partial charge in [0.1, 0.15) is 11.3 Å². The zero-order valence-electron chi connectivity index (χ0n) is 12.8. The number of fused-ring (bicyclic) bond motifs is 1. The number of para-hydroxylation sites is 1. The summed E-state index contributed by atoms with van der Waals surface area (Å²) in [6.07, 6.45) is 0.601. The lowest BCUT2D eigenvalue weighted by Gasteiger charge is -2.49. The minimum atomic E-state index is -0.209. The number of aromatic nitrogens is 1. The van der Waals surface area contributed by atoms with Crippen molar-refractivity contribution in [1.29, 1.82) is 0 Å². The summed E-state index contributed by atoms with van der Waals surface area (Å²) in [6.45, 7) is 4.89. The number of aliphatic hydroxyl groups excluding tert-OH is 1. The van der Waals surface area contributed by atoms with Crippen molar-refractivity contribution in [1.82, 2.24) is 10.3 Å². The Morgan fingerprint density at radius 1 is 1.33 bits per heavy atom. The van der Waals surface area contributed by atoms with Crippen LogP contribution in [0, 0.1) is 5.41 Å². The number of rotatable bonds is 4. The summed E-state index contributed by atoms with van der Waals surface area (Å²) < 4.78 is 5.37. The van der Waals surface area contributed by atoms with E-state index in [1.165, 1.54) is 0 Å². The zero-order valence-corrected chi connectivity index (χ0v) is 12.8. The Hall–Kier alpha value is -1.65. The van der Waals surface area contributed by atoms with E-state index >= 15 is 0 Å². The van der Waals surface area contributed by atoms with Gasteiger partial charge in [-0.05, 0) is 18.6 Å². The summed E-state index contributed by atoms with van der Waals surface area (Å²) in [7, 11) is 1.67. The van der Waals surface area contributed by atoms with Gasteiger partial charge >= 0.3 is 0 Å². The Morgan fingerprint density at radius 2 is 2.14 bits per heavy atom. The summed E-state index contributed by atoms with van der Waals surface area (Å²) in [5.74, 6) is 0.800. The van der Waals surface area contributed by atoms with E-state index in [1.807, 2.05) is 24.3 Å². The van der Waals surface area contributed by atoms with E-state index < -0.39 is 0 Å². The summed E-state index contributed by atoms with van der Waals surface area (Å²) in [5.41, 5.74) is 1.82. The highest BCUT2D eigenvalue weighted by Crippen LogP contribution is 2.40. The predicted molar refractivity (Wildman–Crippen MR) is 83.3 cm³/mol. The summed E-state index contributed by atoms with van der Waals surface area (Å²) in [5, 5.41) is 14.4. The third-order valence-electron chi connectivity index (χ3n) is 4.71. The second kappa shape index (κ2) is 5.28. The molecular weight excluding hydrogens is 264 g/mol. The lowest BCUT2D eigenvalue weighted by atomic mass is 9.64. The number of ether oxygens (including phenoxy) is 1. The lowest BCUT2D eigenvalue weighted by Crippen LogP contribution is -2.59. The van der Waals surface area contributed by atoms with E-state index in [1.54, 1.807) is 7.11 Å². The quantitative estimate of drug-likeness (QED) is 0.906. The summed E-state index contributed by atoms with van der Waals surface area (Å²) in [6, 6.07) is 10.4. The molecule has 1 fully saturated rings. The topological polar surface area (TPSA) is 54.4 Å². The van der Waals surface area contributed by atoms with Crippen molar-refractivity contribution in [2.24, 2.45) is 5.41 Å². The molecule has 1 heterocycles. The van der Waals surface area contributed by atoms with Crippen LogP contribution in [0.5, 0.6) is 5.75 Å². The van der Waals surface area contributed by atoms with Crippen molar-refractivity contribution in [2.75, 3.05) is 7.11 Å². The number of pyridine rings is 1. The van der Waals surface area contributed by atoms with Gasteiger partial charge < -0.3 is 15.2 Å². The molecule has 0 amide bonds. The predicted octanol–water partition coefficient (Wildman–Crippen LogP) is 2.49. The molecule has 0 aliphatic heterocycles. The summed E-state index contributed by atoms with van der Waals surface area (Å²) >= 11 is 0. The fourth-order valence-electron chi connectivity index (χ4n) is 2.90. The molecule has 0 spiro atoms. The van der Waals surface area contributed by atoms with Gasteiger partial charge in [0.2, 0.25) is 0 Å². The van der Waals surface area contributed by atoms with Gasteiger partial charge in [-0.25, -0.2) is 4.98 Å². The Bertz CT molecular complexity index is 654. The van der Waals surface area contributed by atoms with Crippen LogP contribution in [-0.4, -0.2) is 29.3 Å². The molecule has 1 aromatic carbocycles. The smallest absolute Gasteiger partial charge is 0.145 e. The fraction of sp³-hybridized carbons (Fsp3) is 0.471. The summed E-state index contributed by atoms with van der Waals surface area (Å²) in [4.78, 5) is 4.69. The maximum Gasteiger partial charge on any atom is 0.145 e.